The molecular formula is C35H46N6O9. The van der Waals surface area contributed by atoms with Gasteiger partial charge >= 0.3 is 12.1 Å². The molecule has 0 spiro atoms. The Labute approximate surface area is 290 Å². The molecule has 50 heavy (non-hydrogen) atoms. The summed E-state index contributed by atoms with van der Waals surface area (Å²) >= 11 is 0. The lowest BCUT2D eigenvalue weighted by molar-refractivity contribution is -0.143. The molecule has 15 nitrogen and oxygen atoms in total. The third kappa shape index (κ3) is 8.61. The molecule has 2 aliphatic heterocycles. The summed E-state index contributed by atoms with van der Waals surface area (Å²) in [5.74, 6) is -3.00. The number of nitrogens with one attached hydrogen (secondary N) is 2. The summed E-state index contributed by atoms with van der Waals surface area (Å²) in [5.41, 5.74) is 1.12. The van der Waals surface area contributed by atoms with Gasteiger partial charge in [0.25, 0.3) is 11.8 Å². The quantitative estimate of drug-likeness (QED) is 0.315. The number of carboxylic acid groups (broad SMARTS) is 1. The zero-order valence-electron chi connectivity index (χ0n) is 28.8. The van der Waals surface area contributed by atoms with Crippen molar-refractivity contribution in [2.45, 2.75) is 89.9 Å². The van der Waals surface area contributed by atoms with E-state index in [0.29, 0.717) is 30.3 Å². The maximum atomic E-state index is 13.7. The summed E-state index contributed by atoms with van der Waals surface area (Å²) in [6, 6.07) is 4.88. The molecule has 270 valence electrons. The van der Waals surface area contributed by atoms with Gasteiger partial charge in [0.15, 0.2) is 6.10 Å². The summed E-state index contributed by atoms with van der Waals surface area (Å²) in [4.78, 5) is 86.6. The molecule has 1 aliphatic carbocycles. The van der Waals surface area contributed by atoms with E-state index in [1.54, 1.807) is 30.9 Å². The van der Waals surface area contributed by atoms with E-state index in [2.05, 4.69) is 15.6 Å². The van der Waals surface area contributed by atoms with Crippen LogP contribution in [-0.2, 0) is 23.9 Å². The van der Waals surface area contributed by atoms with Gasteiger partial charge in [-0.05, 0) is 64.2 Å². The molecule has 1 saturated carbocycles. The van der Waals surface area contributed by atoms with E-state index in [-0.39, 0.29) is 62.1 Å². The van der Waals surface area contributed by atoms with Crippen molar-refractivity contribution >= 4 is 46.6 Å². The number of fused-ring (bicyclic) bond motifs is 1. The first-order valence-electron chi connectivity index (χ1n) is 17.4. The Morgan fingerprint density at radius 1 is 0.940 bits per heavy atom. The van der Waals surface area contributed by atoms with Crippen molar-refractivity contribution in [3.63, 3.8) is 0 Å². The van der Waals surface area contributed by atoms with Gasteiger partial charge in [-0.3, -0.25) is 24.0 Å². The highest BCUT2D eigenvalue weighted by Gasteiger charge is 2.38. The second-order valence-electron chi connectivity index (χ2n) is 13.1. The van der Waals surface area contributed by atoms with Gasteiger partial charge in [0, 0.05) is 50.2 Å². The van der Waals surface area contributed by atoms with Crippen LogP contribution in [0, 0.1) is 6.92 Å². The number of ether oxygens (including phenoxy) is 2. The molecule has 3 atom stereocenters. The molecule has 2 aromatic rings. The van der Waals surface area contributed by atoms with Crippen molar-refractivity contribution in [2.75, 3.05) is 39.3 Å². The van der Waals surface area contributed by atoms with Crippen LogP contribution in [-0.4, -0.2) is 124 Å². The molecule has 3 aliphatic rings. The average molecular weight is 695 g/mol. The van der Waals surface area contributed by atoms with E-state index in [9.17, 15) is 33.9 Å². The maximum Gasteiger partial charge on any atom is 0.409 e. The molecule has 0 radical (unpaired) electrons. The molecule has 1 aromatic carbocycles. The van der Waals surface area contributed by atoms with Crippen LogP contribution in [0.25, 0.3) is 10.9 Å². The first-order valence-corrected chi connectivity index (χ1v) is 17.4. The van der Waals surface area contributed by atoms with E-state index < -0.39 is 48.5 Å². The van der Waals surface area contributed by atoms with Crippen LogP contribution in [0.5, 0.6) is 5.75 Å². The van der Waals surface area contributed by atoms with Gasteiger partial charge in [0.05, 0.1) is 18.5 Å². The van der Waals surface area contributed by atoms with Crippen LogP contribution in [0.1, 0.15) is 74.8 Å². The largest absolute Gasteiger partial charge is 0.481 e. The summed E-state index contributed by atoms with van der Waals surface area (Å²) in [6.07, 6.45) is 3.13. The number of aromatic nitrogens is 1. The van der Waals surface area contributed by atoms with Crippen molar-refractivity contribution in [1.82, 2.24) is 30.3 Å². The first-order chi connectivity index (χ1) is 23.9. The molecule has 0 bridgehead atoms. The van der Waals surface area contributed by atoms with Crippen molar-refractivity contribution in [2.24, 2.45) is 0 Å². The molecule has 2 saturated heterocycles. The minimum atomic E-state index is -1.41. The summed E-state index contributed by atoms with van der Waals surface area (Å²) in [6.45, 7) is 6.46. The number of carboxylic acids is 1. The Morgan fingerprint density at radius 2 is 1.64 bits per heavy atom. The predicted molar refractivity (Wildman–Crippen MR) is 180 cm³/mol. The summed E-state index contributed by atoms with van der Waals surface area (Å²) < 4.78 is 11.2. The molecule has 3 N–H and O–H groups in total. The Bertz CT molecular complexity index is 1620. The number of piperazine rings is 1. The lowest BCUT2D eigenvalue weighted by Gasteiger charge is -2.35. The monoisotopic (exact) mass is 694 g/mol. The van der Waals surface area contributed by atoms with Gasteiger partial charge in [0.2, 0.25) is 11.8 Å². The van der Waals surface area contributed by atoms with Gasteiger partial charge < -0.3 is 39.9 Å². The van der Waals surface area contributed by atoms with Crippen LogP contribution >= 0.6 is 0 Å². The van der Waals surface area contributed by atoms with E-state index in [1.165, 1.54) is 15.9 Å². The fraction of sp³-hybridized carbons (Fsp3) is 0.571. The normalized spacial score (nSPS) is 19.2. The number of pyridine rings is 1. The van der Waals surface area contributed by atoms with Crippen molar-refractivity contribution in [1.29, 1.82) is 0 Å². The Morgan fingerprint density at radius 3 is 2.32 bits per heavy atom. The van der Waals surface area contributed by atoms with E-state index >= 15 is 0 Å². The highest BCUT2D eigenvalue weighted by molar-refractivity contribution is 6.00. The maximum absolute atomic E-state index is 13.7. The van der Waals surface area contributed by atoms with Gasteiger partial charge in [-0.2, -0.15) is 0 Å². The molecular weight excluding hydrogens is 648 g/mol. The summed E-state index contributed by atoms with van der Waals surface area (Å²) in [7, 11) is 0. The number of hydrogen-bond acceptors (Lipinski definition) is 9. The van der Waals surface area contributed by atoms with Gasteiger partial charge in [-0.25, -0.2) is 9.78 Å². The van der Waals surface area contributed by atoms with Gasteiger partial charge in [-0.15, -0.1) is 0 Å². The van der Waals surface area contributed by atoms with Crippen LogP contribution < -0.4 is 15.4 Å². The standard InChI is InChI=1S/C35H46N6O9/c1-4-49-35(48)40-16-14-39(15-17-40)34(47)27(20-30(42)43)38-31(44)26-19-29(24-12-11-21(2)18-25(24)37-26)50-22(3)33(46)41-13-7-10-28(41)32(45)36-23-8-5-6-9-23/h11-12,18-19,22-23,27-28H,4-10,13-17,20H2,1-3H3,(H,36,45)(H,38,44)(H,42,43)/t22-,27-,28-/m0/s1. The number of aryl methyl sites for hydroxylation is 1. The Hall–Kier alpha value is -4.95. The lowest BCUT2D eigenvalue weighted by atomic mass is 10.1. The van der Waals surface area contributed by atoms with Crippen molar-refractivity contribution in [3.8, 4) is 5.75 Å². The second-order valence-corrected chi connectivity index (χ2v) is 13.1. The zero-order valence-corrected chi connectivity index (χ0v) is 28.8. The first kappa shape index (κ1) is 36.3. The number of aliphatic carboxylic acids is 1. The number of benzene rings is 1. The molecule has 3 heterocycles. The number of hydrogen-bond donors (Lipinski definition) is 3. The number of carbonyl (C=O) groups is 6. The van der Waals surface area contributed by atoms with E-state index in [0.717, 1.165) is 31.2 Å². The van der Waals surface area contributed by atoms with Crippen molar-refractivity contribution < 1.29 is 43.3 Å². The molecule has 3 fully saturated rings. The molecule has 1 aromatic heterocycles. The molecule has 15 heteroatoms. The highest BCUT2D eigenvalue weighted by atomic mass is 16.6. The number of likely N-dealkylation sites (tertiary alicyclic amines) is 1. The highest BCUT2D eigenvalue weighted by Crippen LogP contribution is 2.29. The third-order valence-corrected chi connectivity index (χ3v) is 9.45. The Kier molecular flexibility index (Phi) is 11.8. The minimum Gasteiger partial charge on any atom is -0.481 e. The summed E-state index contributed by atoms with van der Waals surface area (Å²) in [5, 5.41) is 15.8. The van der Waals surface area contributed by atoms with E-state index in [4.69, 9.17) is 9.47 Å². The molecule has 5 amide bonds. The fourth-order valence-electron chi connectivity index (χ4n) is 6.82. The second kappa shape index (κ2) is 16.2. The van der Waals surface area contributed by atoms with Crippen LogP contribution in [0.15, 0.2) is 24.3 Å². The van der Waals surface area contributed by atoms with Crippen LogP contribution in [0.2, 0.25) is 0 Å². The van der Waals surface area contributed by atoms with Gasteiger partial charge in [-0.1, -0.05) is 18.9 Å². The minimum absolute atomic E-state index is 0.136. The number of rotatable bonds is 11. The van der Waals surface area contributed by atoms with Crippen LogP contribution in [0.4, 0.5) is 4.79 Å². The average Bonchev–Trinajstić information content (AvgIpc) is 3.80. The van der Waals surface area contributed by atoms with Gasteiger partial charge in [0.1, 0.15) is 23.5 Å². The fourth-order valence-corrected chi connectivity index (χ4v) is 6.82. The van der Waals surface area contributed by atoms with E-state index in [1.807, 2.05) is 13.0 Å². The SMILES string of the molecule is CCOC(=O)N1CCN(C(=O)[C@H](CC(=O)O)NC(=O)c2cc(O[C@@H](C)C(=O)N3CCC[C@H]3C(=O)NC3CCCC3)c3ccc(C)cc3n2)CC1. The predicted octanol–water partition coefficient (Wildman–Crippen LogP) is 2.23. The molecule has 0 unspecified atom stereocenters. The molecule has 5 rings (SSSR count). The third-order valence-electron chi connectivity index (χ3n) is 9.45. The Balaban J connectivity index is 1.31. The topological polar surface area (TPSA) is 188 Å². The zero-order chi connectivity index (χ0) is 35.9. The smallest absolute Gasteiger partial charge is 0.409 e. The lowest BCUT2D eigenvalue weighted by Crippen LogP contribution is -2.56. The number of amides is 5. The van der Waals surface area contributed by atoms with Crippen LogP contribution in [0.3, 0.4) is 0 Å². The number of carbonyl (C=O) groups excluding carboxylic acids is 5. The van der Waals surface area contributed by atoms with Crippen molar-refractivity contribution in [3.05, 3.63) is 35.5 Å². The number of nitrogens with zero attached hydrogens (tertiary/aromatic N) is 4.